The van der Waals surface area contributed by atoms with E-state index in [1.165, 1.54) is 17.8 Å². The number of rotatable bonds is 4. The number of hydrogen-bond donors (Lipinski definition) is 1. The number of carbonyl (C=O) groups is 2. The average Bonchev–Trinajstić information content (AvgIpc) is 2.85. The van der Waals surface area contributed by atoms with Crippen molar-refractivity contribution in [3.05, 3.63) is 16.1 Å². The minimum Gasteiger partial charge on any atom is -0.351 e. The Kier molecular flexibility index (Phi) is 5.11. The number of thiazole rings is 1. The van der Waals surface area contributed by atoms with Crippen molar-refractivity contribution in [3.63, 3.8) is 0 Å². The second-order valence-corrected chi connectivity index (χ2v) is 6.06. The van der Waals surface area contributed by atoms with Gasteiger partial charge in [0.05, 0.1) is 11.2 Å². The molecule has 1 N–H and O–H groups in total. The van der Waals surface area contributed by atoms with Gasteiger partial charge in [0.25, 0.3) is 5.91 Å². The van der Waals surface area contributed by atoms with Crippen LogP contribution in [0.1, 0.15) is 48.0 Å². The van der Waals surface area contributed by atoms with Crippen molar-refractivity contribution in [2.24, 2.45) is 0 Å². The van der Waals surface area contributed by atoms with Crippen molar-refractivity contribution in [1.29, 1.82) is 0 Å². The number of aryl methyl sites for hydroxylation is 1. The van der Waals surface area contributed by atoms with Crippen LogP contribution in [0, 0.1) is 6.92 Å². The molecule has 0 saturated carbocycles. The highest BCUT2D eigenvalue weighted by atomic mass is 32.1. The van der Waals surface area contributed by atoms with E-state index >= 15 is 0 Å². The Hall–Kier alpha value is -1.43. The van der Waals surface area contributed by atoms with Crippen molar-refractivity contribution in [2.75, 3.05) is 13.1 Å². The molecule has 0 aliphatic carbocycles. The number of hydrogen-bond acceptors (Lipinski definition) is 4. The van der Waals surface area contributed by atoms with Crippen LogP contribution in [0.25, 0.3) is 0 Å². The SMILES string of the molecule is Cc1ncsc1C(=O)NCCC(=O)N1CCCCC1C. The molecule has 110 valence electrons. The molecule has 2 amide bonds. The summed E-state index contributed by atoms with van der Waals surface area (Å²) in [6.07, 6.45) is 3.74. The molecule has 1 unspecified atom stereocenters. The predicted molar refractivity (Wildman–Crippen MR) is 78.8 cm³/mol. The van der Waals surface area contributed by atoms with Crippen molar-refractivity contribution < 1.29 is 9.59 Å². The Morgan fingerprint density at radius 1 is 1.50 bits per heavy atom. The van der Waals surface area contributed by atoms with Gasteiger partial charge in [0.15, 0.2) is 0 Å². The molecule has 1 atom stereocenters. The van der Waals surface area contributed by atoms with E-state index < -0.39 is 0 Å². The molecule has 20 heavy (non-hydrogen) atoms. The van der Waals surface area contributed by atoms with Crippen molar-refractivity contribution in [3.8, 4) is 0 Å². The van der Waals surface area contributed by atoms with Gasteiger partial charge < -0.3 is 10.2 Å². The Morgan fingerprint density at radius 2 is 2.30 bits per heavy atom. The maximum atomic E-state index is 12.1. The summed E-state index contributed by atoms with van der Waals surface area (Å²) in [5.74, 6) is 0.00280. The standard InChI is InChI=1S/C14H21N3O2S/c1-10-5-3-4-8-17(10)12(18)6-7-15-14(19)13-11(2)16-9-20-13/h9-10H,3-8H2,1-2H3,(H,15,19). The van der Waals surface area contributed by atoms with E-state index in [9.17, 15) is 9.59 Å². The smallest absolute Gasteiger partial charge is 0.263 e. The lowest BCUT2D eigenvalue weighted by Crippen LogP contribution is -2.43. The summed E-state index contributed by atoms with van der Waals surface area (Å²) in [6, 6.07) is 0.329. The zero-order valence-electron chi connectivity index (χ0n) is 12.0. The van der Waals surface area contributed by atoms with Crippen LogP contribution in [0.2, 0.25) is 0 Å². The van der Waals surface area contributed by atoms with Gasteiger partial charge in [-0.2, -0.15) is 0 Å². The first-order valence-electron chi connectivity index (χ1n) is 7.07. The summed E-state index contributed by atoms with van der Waals surface area (Å²) in [6.45, 7) is 5.14. The van der Waals surface area contributed by atoms with Gasteiger partial charge in [-0.3, -0.25) is 9.59 Å². The van der Waals surface area contributed by atoms with Gasteiger partial charge in [0.1, 0.15) is 4.88 Å². The van der Waals surface area contributed by atoms with E-state index in [1.54, 1.807) is 5.51 Å². The summed E-state index contributed by atoms with van der Waals surface area (Å²) in [4.78, 5) is 30.6. The van der Waals surface area contributed by atoms with Crippen LogP contribution < -0.4 is 5.32 Å². The van der Waals surface area contributed by atoms with Gasteiger partial charge in [-0.15, -0.1) is 11.3 Å². The second kappa shape index (κ2) is 6.83. The lowest BCUT2D eigenvalue weighted by atomic mass is 10.0. The lowest BCUT2D eigenvalue weighted by Gasteiger charge is -2.33. The maximum Gasteiger partial charge on any atom is 0.263 e. The summed E-state index contributed by atoms with van der Waals surface area (Å²) in [5.41, 5.74) is 2.40. The van der Waals surface area contributed by atoms with E-state index in [4.69, 9.17) is 0 Å². The van der Waals surface area contributed by atoms with Crippen molar-refractivity contribution in [2.45, 2.75) is 45.6 Å². The molecular formula is C14H21N3O2S. The average molecular weight is 295 g/mol. The fraction of sp³-hybridized carbons (Fsp3) is 0.643. The molecule has 2 heterocycles. The third-order valence-electron chi connectivity index (χ3n) is 3.70. The summed E-state index contributed by atoms with van der Waals surface area (Å²) in [5, 5.41) is 2.79. The molecule has 1 aromatic rings. The molecule has 5 nitrogen and oxygen atoms in total. The van der Waals surface area contributed by atoms with E-state index in [-0.39, 0.29) is 11.8 Å². The number of carbonyl (C=O) groups excluding carboxylic acids is 2. The number of likely N-dealkylation sites (tertiary alicyclic amines) is 1. The van der Waals surface area contributed by atoms with Crippen molar-refractivity contribution >= 4 is 23.2 Å². The van der Waals surface area contributed by atoms with E-state index in [0.29, 0.717) is 23.9 Å². The van der Waals surface area contributed by atoms with Crippen molar-refractivity contribution in [1.82, 2.24) is 15.2 Å². The number of piperidine rings is 1. The largest absolute Gasteiger partial charge is 0.351 e. The van der Waals surface area contributed by atoms with E-state index in [0.717, 1.165) is 25.1 Å². The third kappa shape index (κ3) is 3.56. The molecule has 1 saturated heterocycles. The minimum absolute atomic E-state index is 0.135. The number of amides is 2. The zero-order valence-corrected chi connectivity index (χ0v) is 12.8. The summed E-state index contributed by atoms with van der Waals surface area (Å²) >= 11 is 1.33. The normalized spacial score (nSPS) is 18.9. The first-order valence-corrected chi connectivity index (χ1v) is 7.95. The number of nitrogens with one attached hydrogen (secondary N) is 1. The highest BCUT2D eigenvalue weighted by Gasteiger charge is 2.22. The fourth-order valence-electron chi connectivity index (χ4n) is 2.50. The highest BCUT2D eigenvalue weighted by molar-refractivity contribution is 7.11. The topological polar surface area (TPSA) is 62.3 Å². The molecule has 0 spiro atoms. The molecule has 2 rings (SSSR count). The van der Waals surface area contributed by atoms with Crippen LogP contribution in [0.4, 0.5) is 0 Å². The zero-order chi connectivity index (χ0) is 14.5. The van der Waals surface area contributed by atoms with Crippen LogP contribution in [0.15, 0.2) is 5.51 Å². The molecule has 0 radical (unpaired) electrons. The Bertz CT molecular complexity index is 487. The first kappa shape index (κ1) is 15.0. The molecule has 1 aromatic heterocycles. The van der Waals surface area contributed by atoms with Crippen LogP contribution in [0.3, 0.4) is 0 Å². The van der Waals surface area contributed by atoms with Crippen LogP contribution >= 0.6 is 11.3 Å². The van der Waals surface area contributed by atoms with Crippen LogP contribution in [0.5, 0.6) is 0 Å². The summed E-state index contributed by atoms with van der Waals surface area (Å²) < 4.78 is 0. The third-order valence-corrected chi connectivity index (χ3v) is 4.63. The quantitative estimate of drug-likeness (QED) is 0.924. The molecule has 1 aliphatic rings. The number of nitrogens with zero attached hydrogens (tertiary/aromatic N) is 2. The molecule has 6 heteroatoms. The van der Waals surface area contributed by atoms with Gasteiger partial charge in [-0.25, -0.2) is 4.98 Å². The second-order valence-electron chi connectivity index (χ2n) is 5.20. The lowest BCUT2D eigenvalue weighted by molar-refractivity contribution is -0.134. The Morgan fingerprint density at radius 3 is 2.95 bits per heavy atom. The van der Waals surface area contributed by atoms with Gasteiger partial charge in [-0.1, -0.05) is 0 Å². The number of aromatic nitrogens is 1. The fourth-order valence-corrected chi connectivity index (χ4v) is 3.21. The van der Waals surface area contributed by atoms with Crippen LogP contribution in [-0.4, -0.2) is 40.8 Å². The van der Waals surface area contributed by atoms with E-state index in [1.807, 2.05) is 11.8 Å². The van der Waals surface area contributed by atoms with Crippen LogP contribution in [-0.2, 0) is 4.79 Å². The first-order chi connectivity index (χ1) is 9.59. The molecular weight excluding hydrogens is 274 g/mol. The summed E-state index contributed by atoms with van der Waals surface area (Å²) in [7, 11) is 0. The molecule has 1 aliphatic heterocycles. The molecule has 0 bridgehead atoms. The van der Waals surface area contributed by atoms with Gasteiger partial charge in [0.2, 0.25) is 5.91 Å². The monoisotopic (exact) mass is 295 g/mol. The Balaban J connectivity index is 1.77. The van der Waals surface area contributed by atoms with Gasteiger partial charge in [-0.05, 0) is 33.1 Å². The Labute approximate surface area is 123 Å². The van der Waals surface area contributed by atoms with E-state index in [2.05, 4.69) is 17.2 Å². The highest BCUT2D eigenvalue weighted by Crippen LogP contribution is 2.17. The molecule has 0 aromatic carbocycles. The maximum absolute atomic E-state index is 12.1. The predicted octanol–water partition coefficient (Wildman–Crippen LogP) is 1.97. The minimum atomic E-state index is -0.135. The van der Waals surface area contributed by atoms with Gasteiger partial charge >= 0.3 is 0 Å². The van der Waals surface area contributed by atoms with Gasteiger partial charge in [0, 0.05) is 25.6 Å². The molecule has 1 fully saturated rings.